The van der Waals surface area contributed by atoms with Crippen molar-refractivity contribution in [1.29, 1.82) is 0 Å². The van der Waals surface area contributed by atoms with E-state index in [4.69, 9.17) is 0 Å². The minimum absolute atomic E-state index is 0.0232. The van der Waals surface area contributed by atoms with Crippen molar-refractivity contribution in [3.8, 4) is 0 Å². The zero-order valence-electron chi connectivity index (χ0n) is 15.9. The summed E-state index contributed by atoms with van der Waals surface area (Å²) in [5, 5.41) is 3.16. The summed E-state index contributed by atoms with van der Waals surface area (Å²) in [4.78, 5) is 27.1. The Labute approximate surface area is 152 Å². The Balaban J connectivity index is 2.08. The molecule has 0 bridgehead atoms. The third-order valence-corrected chi connectivity index (χ3v) is 5.18. The number of carbonyl (C=O) groups is 2. The number of amides is 2. The van der Waals surface area contributed by atoms with Gasteiger partial charge in [0.05, 0.1) is 0 Å². The molecule has 0 heterocycles. The zero-order chi connectivity index (χ0) is 18.2. The van der Waals surface area contributed by atoms with E-state index < -0.39 is 6.04 Å². The maximum Gasteiger partial charge on any atom is 0.242 e. The van der Waals surface area contributed by atoms with Crippen LogP contribution in [0.15, 0.2) is 24.3 Å². The van der Waals surface area contributed by atoms with Gasteiger partial charge in [0.15, 0.2) is 0 Å². The summed E-state index contributed by atoms with van der Waals surface area (Å²) in [5.41, 5.74) is 2.25. The largest absolute Gasteiger partial charge is 0.352 e. The van der Waals surface area contributed by atoms with E-state index in [0.717, 1.165) is 30.4 Å². The lowest BCUT2D eigenvalue weighted by molar-refractivity contribution is -0.141. The van der Waals surface area contributed by atoms with Gasteiger partial charge in [-0.15, -0.1) is 0 Å². The average Bonchev–Trinajstić information content (AvgIpc) is 2.61. The lowest BCUT2D eigenvalue weighted by atomic mass is 9.95. The fourth-order valence-electron chi connectivity index (χ4n) is 3.48. The third-order valence-electron chi connectivity index (χ3n) is 5.18. The molecule has 1 aliphatic carbocycles. The summed E-state index contributed by atoms with van der Waals surface area (Å²) >= 11 is 0. The third kappa shape index (κ3) is 5.58. The second-order valence-corrected chi connectivity index (χ2v) is 7.22. The van der Waals surface area contributed by atoms with Crippen LogP contribution >= 0.6 is 0 Å². The van der Waals surface area contributed by atoms with E-state index in [1.807, 2.05) is 45.0 Å². The van der Waals surface area contributed by atoms with Gasteiger partial charge in [-0.1, -0.05) is 50.5 Å². The van der Waals surface area contributed by atoms with E-state index in [1.165, 1.54) is 19.3 Å². The fraction of sp³-hybridized carbons (Fsp3) is 0.619. The summed E-state index contributed by atoms with van der Waals surface area (Å²) in [5.74, 6) is 0.0296. The van der Waals surface area contributed by atoms with E-state index in [1.54, 1.807) is 4.90 Å². The van der Waals surface area contributed by atoms with E-state index in [0.29, 0.717) is 13.0 Å². The van der Waals surface area contributed by atoms with Crippen molar-refractivity contribution in [3.63, 3.8) is 0 Å². The number of benzene rings is 1. The molecule has 138 valence electrons. The molecule has 0 spiro atoms. The molecular formula is C21H32N2O2. The Morgan fingerprint density at radius 2 is 1.88 bits per heavy atom. The molecule has 1 aliphatic rings. The van der Waals surface area contributed by atoms with Crippen LogP contribution in [0.5, 0.6) is 0 Å². The summed E-state index contributed by atoms with van der Waals surface area (Å²) in [6.07, 6.45) is 7.00. The molecule has 0 aliphatic heterocycles. The van der Waals surface area contributed by atoms with E-state index in [-0.39, 0.29) is 17.9 Å². The Morgan fingerprint density at radius 1 is 1.20 bits per heavy atom. The molecule has 0 aromatic heterocycles. The average molecular weight is 344 g/mol. The first-order chi connectivity index (χ1) is 12.0. The highest BCUT2D eigenvalue weighted by Gasteiger charge is 2.27. The van der Waals surface area contributed by atoms with Gasteiger partial charge < -0.3 is 10.2 Å². The van der Waals surface area contributed by atoms with Gasteiger partial charge in [0, 0.05) is 19.0 Å². The van der Waals surface area contributed by atoms with Crippen LogP contribution < -0.4 is 5.32 Å². The first-order valence-corrected chi connectivity index (χ1v) is 9.67. The van der Waals surface area contributed by atoms with Crippen LogP contribution in [0.4, 0.5) is 0 Å². The molecule has 1 N–H and O–H groups in total. The van der Waals surface area contributed by atoms with Crippen LogP contribution in [-0.2, 0) is 16.1 Å². The van der Waals surface area contributed by atoms with Gasteiger partial charge in [-0.25, -0.2) is 0 Å². The van der Waals surface area contributed by atoms with Crippen LogP contribution in [-0.4, -0.2) is 28.8 Å². The standard InChI is InChI=1S/C21H32N2O2/c1-4-10-20(24)23(15-18-12-9-8-11-16(18)2)17(3)21(25)22-19-13-6-5-7-14-19/h8-9,11-12,17,19H,4-7,10,13-15H2,1-3H3,(H,22,25). The second kappa shape index (κ2) is 9.59. The van der Waals surface area contributed by atoms with Gasteiger partial charge in [-0.2, -0.15) is 0 Å². The molecule has 1 aromatic rings. The van der Waals surface area contributed by atoms with Gasteiger partial charge in [0.1, 0.15) is 6.04 Å². The highest BCUT2D eigenvalue weighted by molar-refractivity contribution is 5.87. The quantitative estimate of drug-likeness (QED) is 0.814. The van der Waals surface area contributed by atoms with Crippen LogP contribution in [0.1, 0.15) is 69.9 Å². The number of nitrogens with one attached hydrogen (secondary N) is 1. The first-order valence-electron chi connectivity index (χ1n) is 9.67. The van der Waals surface area contributed by atoms with E-state index >= 15 is 0 Å². The predicted molar refractivity (Wildman–Crippen MR) is 101 cm³/mol. The Morgan fingerprint density at radius 3 is 2.52 bits per heavy atom. The first kappa shape index (κ1) is 19.5. The van der Waals surface area contributed by atoms with Crippen LogP contribution in [0, 0.1) is 6.92 Å². The van der Waals surface area contributed by atoms with Crippen LogP contribution in [0.25, 0.3) is 0 Å². The molecule has 2 rings (SSSR count). The fourth-order valence-corrected chi connectivity index (χ4v) is 3.48. The number of aryl methyl sites for hydroxylation is 1. The van der Waals surface area contributed by atoms with Crippen molar-refractivity contribution < 1.29 is 9.59 Å². The summed E-state index contributed by atoms with van der Waals surface area (Å²) in [7, 11) is 0. The lowest BCUT2D eigenvalue weighted by Gasteiger charge is -2.31. The minimum atomic E-state index is -0.444. The smallest absolute Gasteiger partial charge is 0.242 e. The monoisotopic (exact) mass is 344 g/mol. The van der Waals surface area contributed by atoms with Crippen molar-refractivity contribution in [2.75, 3.05) is 0 Å². The maximum absolute atomic E-state index is 12.7. The van der Waals surface area contributed by atoms with Gasteiger partial charge >= 0.3 is 0 Å². The molecular weight excluding hydrogens is 312 g/mol. The van der Waals surface area contributed by atoms with Crippen molar-refractivity contribution >= 4 is 11.8 Å². The van der Waals surface area contributed by atoms with Crippen molar-refractivity contribution in [3.05, 3.63) is 35.4 Å². The molecule has 25 heavy (non-hydrogen) atoms. The number of rotatable bonds is 7. The molecule has 4 heteroatoms. The van der Waals surface area contributed by atoms with Crippen molar-refractivity contribution in [1.82, 2.24) is 10.2 Å². The van der Waals surface area contributed by atoms with E-state index in [2.05, 4.69) is 5.32 Å². The summed E-state index contributed by atoms with van der Waals surface area (Å²) in [6.45, 7) is 6.38. The molecule has 1 aromatic carbocycles. The molecule has 0 saturated heterocycles. The van der Waals surface area contributed by atoms with Crippen molar-refractivity contribution in [2.24, 2.45) is 0 Å². The highest BCUT2D eigenvalue weighted by atomic mass is 16.2. The number of carbonyl (C=O) groups excluding carboxylic acids is 2. The molecule has 1 fully saturated rings. The number of nitrogens with zero attached hydrogens (tertiary/aromatic N) is 1. The molecule has 1 unspecified atom stereocenters. The summed E-state index contributed by atoms with van der Waals surface area (Å²) in [6, 6.07) is 7.89. The van der Waals surface area contributed by atoms with E-state index in [9.17, 15) is 9.59 Å². The Bertz CT molecular complexity index is 579. The van der Waals surface area contributed by atoms with Crippen molar-refractivity contribution in [2.45, 2.75) is 84.3 Å². The predicted octanol–water partition coefficient (Wildman–Crippen LogP) is 3.96. The molecule has 4 nitrogen and oxygen atoms in total. The molecule has 0 radical (unpaired) electrons. The molecule has 2 amide bonds. The lowest BCUT2D eigenvalue weighted by Crippen LogP contribution is -2.50. The maximum atomic E-state index is 12.7. The van der Waals surface area contributed by atoms with Crippen LogP contribution in [0.2, 0.25) is 0 Å². The minimum Gasteiger partial charge on any atom is -0.352 e. The van der Waals surface area contributed by atoms with Gasteiger partial charge in [0.25, 0.3) is 0 Å². The number of hydrogen-bond acceptors (Lipinski definition) is 2. The SMILES string of the molecule is CCCC(=O)N(Cc1ccccc1C)C(C)C(=O)NC1CCCCC1. The van der Waals surface area contributed by atoms with Gasteiger partial charge in [0.2, 0.25) is 11.8 Å². The van der Waals surface area contributed by atoms with Gasteiger partial charge in [-0.3, -0.25) is 9.59 Å². The normalized spacial score (nSPS) is 16.3. The van der Waals surface area contributed by atoms with Gasteiger partial charge in [-0.05, 0) is 44.2 Å². The summed E-state index contributed by atoms with van der Waals surface area (Å²) < 4.78 is 0. The highest BCUT2D eigenvalue weighted by Crippen LogP contribution is 2.19. The Hall–Kier alpha value is -1.84. The number of hydrogen-bond donors (Lipinski definition) is 1. The molecule has 1 atom stereocenters. The molecule has 1 saturated carbocycles. The Kier molecular flexibility index (Phi) is 7.48. The van der Waals surface area contributed by atoms with Crippen LogP contribution in [0.3, 0.4) is 0 Å². The zero-order valence-corrected chi connectivity index (χ0v) is 15.9. The topological polar surface area (TPSA) is 49.4 Å². The second-order valence-electron chi connectivity index (χ2n) is 7.22.